The van der Waals surface area contributed by atoms with Crippen molar-refractivity contribution in [3.8, 4) is 5.75 Å². The topological polar surface area (TPSA) is 55.6 Å². The summed E-state index contributed by atoms with van der Waals surface area (Å²) >= 11 is 0. The molecule has 1 heterocycles. The van der Waals surface area contributed by atoms with Gasteiger partial charge in [-0.15, -0.1) is 0 Å². The molecule has 0 aromatic heterocycles. The first kappa shape index (κ1) is 15.8. The van der Waals surface area contributed by atoms with Crippen molar-refractivity contribution in [2.24, 2.45) is 11.8 Å². The number of nitro groups is 1. The monoisotopic (exact) mass is 292 g/mol. The maximum absolute atomic E-state index is 10.8. The van der Waals surface area contributed by atoms with Gasteiger partial charge in [0.05, 0.1) is 4.92 Å². The number of rotatable bonds is 5. The molecule has 1 aliphatic rings. The molecule has 116 valence electrons. The van der Waals surface area contributed by atoms with Crippen LogP contribution in [0.25, 0.3) is 0 Å². The summed E-state index contributed by atoms with van der Waals surface area (Å²) in [6, 6.07) is 4.92. The van der Waals surface area contributed by atoms with Crippen LogP contribution in [0.5, 0.6) is 5.75 Å². The lowest BCUT2D eigenvalue weighted by molar-refractivity contribution is -0.385. The van der Waals surface area contributed by atoms with Crippen LogP contribution in [0, 0.1) is 28.9 Å². The number of piperidine rings is 1. The van der Waals surface area contributed by atoms with Gasteiger partial charge < -0.3 is 4.74 Å². The van der Waals surface area contributed by atoms with Gasteiger partial charge in [0.15, 0.2) is 0 Å². The van der Waals surface area contributed by atoms with E-state index in [1.165, 1.54) is 12.5 Å². The molecular formula is C16H24N2O3. The van der Waals surface area contributed by atoms with E-state index in [9.17, 15) is 10.1 Å². The van der Waals surface area contributed by atoms with Crippen molar-refractivity contribution in [2.45, 2.75) is 27.2 Å². The number of aryl methyl sites for hydroxylation is 1. The van der Waals surface area contributed by atoms with Crippen LogP contribution < -0.4 is 4.74 Å². The first-order chi connectivity index (χ1) is 9.95. The number of likely N-dealkylation sites (tertiary alicyclic amines) is 1. The molecule has 1 aromatic rings. The second kappa shape index (κ2) is 6.89. The van der Waals surface area contributed by atoms with E-state index in [4.69, 9.17) is 4.74 Å². The lowest BCUT2D eigenvalue weighted by Crippen LogP contribution is -2.40. The molecule has 0 N–H and O–H groups in total. The zero-order valence-corrected chi connectivity index (χ0v) is 13.0. The van der Waals surface area contributed by atoms with Crippen molar-refractivity contribution in [2.75, 3.05) is 26.2 Å². The fourth-order valence-corrected chi connectivity index (χ4v) is 3.19. The molecule has 0 amide bonds. The van der Waals surface area contributed by atoms with Gasteiger partial charge in [-0.25, -0.2) is 0 Å². The van der Waals surface area contributed by atoms with Crippen molar-refractivity contribution in [3.05, 3.63) is 33.9 Å². The third-order valence-corrected chi connectivity index (χ3v) is 3.99. The molecule has 0 aliphatic carbocycles. The smallest absolute Gasteiger partial charge is 0.272 e. The molecule has 0 bridgehead atoms. The van der Waals surface area contributed by atoms with Crippen LogP contribution in [0.15, 0.2) is 18.2 Å². The van der Waals surface area contributed by atoms with Gasteiger partial charge in [-0.05, 0) is 37.3 Å². The minimum Gasteiger partial charge on any atom is -0.492 e. The molecular weight excluding hydrogens is 268 g/mol. The third-order valence-electron chi connectivity index (χ3n) is 3.99. The molecule has 1 aromatic carbocycles. The number of ether oxygens (including phenoxy) is 1. The SMILES string of the molecule is Cc1cc(OCCN2C[C@H](C)C[C@H](C)C2)ccc1[N+](=O)[O-]. The molecule has 0 radical (unpaired) electrons. The Bertz CT molecular complexity index is 494. The lowest BCUT2D eigenvalue weighted by Gasteiger charge is -2.34. The molecule has 2 atom stereocenters. The second-order valence-electron chi connectivity index (χ2n) is 6.26. The van der Waals surface area contributed by atoms with Crippen LogP contribution >= 0.6 is 0 Å². The average molecular weight is 292 g/mol. The largest absolute Gasteiger partial charge is 0.492 e. The van der Waals surface area contributed by atoms with Crippen molar-refractivity contribution in [3.63, 3.8) is 0 Å². The number of nitrogens with zero attached hydrogens (tertiary/aromatic N) is 2. The van der Waals surface area contributed by atoms with E-state index in [1.807, 2.05) is 0 Å². The van der Waals surface area contributed by atoms with E-state index in [1.54, 1.807) is 19.1 Å². The van der Waals surface area contributed by atoms with Crippen LogP contribution in [0.4, 0.5) is 5.69 Å². The van der Waals surface area contributed by atoms with Crippen molar-refractivity contribution >= 4 is 5.69 Å². The Morgan fingerprint density at radius 1 is 1.33 bits per heavy atom. The van der Waals surface area contributed by atoms with E-state index in [-0.39, 0.29) is 10.6 Å². The summed E-state index contributed by atoms with van der Waals surface area (Å²) in [4.78, 5) is 12.8. The van der Waals surface area contributed by atoms with E-state index in [2.05, 4.69) is 18.7 Å². The highest BCUT2D eigenvalue weighted by molar-refractivity contribution is 5.44. The molecule has 5 nitrogen and oxygen atoms in total. The highest BCUT2D eigenvalue weighted by atomic mass is 16.6. The summed E-state index contributed by atoms with van der Waals surface area (Å²) in [7, 11) is 0. The van der Waals surface area contributed by atoms with Crippen LogP contribution in [-0.4, -0.2) is 36.1 Å². The molecule has 0 spiro atoms. The lowest BCUT2D eigenvalue weighted by atomic mass is 9.92. The summed E-state index contributed by atoms with van der Waals surface area (Å²) in [5.74, 6) is 2.20. The Morgan fingerprint density at radius 3 is 2.57 bits per heavy atom. The van der Waals surface area contributed by atoms with Crippen molar-refractivity contribution in [1.29, 1.82) is 0 Å². The van der Waals surface area contributed by atoms with E-state index in [0.717, 1.165) is 31.5 Å². The molecule has 0 unspecified atom stereocenters. The summed E-state index contributed by atoms with van der Waals surface area (Å²) in [6.45, 7) is 10.1. The van der Waals surface area contributed by atoms with Gasteiger partial charge in [-0.3, -0.25) is 15.0 Å². The summed E-state index contributed by atoms with van der Waals surface area (Å²) in [5.41, 5.74) is 0.777. The number of hydrogen-bond donors (Lipinski definition) is 0. The molecule has 1 saturated heterocycles. The van der Waals surface area contributed by atoms with Gasteiger partial charge in [-0.1, -0.05) is 13.8 Å². The summed E-state index contributed by atoms with van der Waals surface area (Å²) in [5, 5.41) is 10.8. The fraction of sp³-hybridized carbons (Fsp3) is 0.625. The zero-order valence-electron chi connectivity index (χ0n) is 13.0. The highest BCUT2D eigenvalue weighted by Crippen LogP contribution is 2.23. The maximum atomic E-state index is 10.8. The summed E-state index contributed by atoms with van der Waals surface area (Å²) < 4.78 is 5.73. The van der Waals surface area contributed by atoms with E-state index in [0.29, 0.717) is 17.9 Å². The maximum Gasteiger partial charge on any atom is 0.272 e. The van der Waals surface area contributed by atoms with Crippen molar-refractivity contribution < 1.29 is 9.66 Å². The van der Waals surface area contributed by atoms with Gasteiger partial charge >= 0.3 is 0 Å². The fourth-order valence-electron chi connectivity index (χ4n) is 3.19. The zero-order chi connectivity index (χ0) is 15.4. The van der Waals surface area contributed by atoms with Crippen LogP contribution in [0.3, 0.4) is 0 Å². The minimum atomic E-state index is -0.365. The first-order valence-electron chi connectivity index (χ1n) is 7.56. The molecule has 0 saturated carbocycles. The normalized spacial score (nSPS) is 23.0. The quantitative estimate of drug-likeness (QED) is 0.617. The van der Waals surface area contributed by atoms with Crippen molar-refractivity contribution in [1.82, 2.24) is 4.90 Å². The molecule has 1 aliphatic heterocycles. The number of benzene rings is 1. The average Bonchev–Trinajstić information content (AvgIpc) is 2.37. The van der Waals surface area contributed by atoms with Crippen LogP contribution in [0.1, 0.15) is 25.8 Å². The first-order valence-corrected chi connectivity index (χ1v) is 7.56. The highest BCUT2D eigenvalue weighted by Gasteiger charge is 2.21. The van der Waals surface area contributed by atoms with Crippen LogP contribution in [-0.2, 0) is 0 Å². The van der Waals surface area contributed by atoms with Gasteiger partial charge in [-0.2, -0.15) is 0 Å². The van der Waals surface area contributed by atoms with Crippen LogP contribution in [0.2, 0.25) is 0 Å². The predicted octanol–water partition coefficient (Wildman–Crippen LogP) is 3.26. The summed E-state index contributed by atoms with van der Waals surface area (Å²) in [6.07, 6.45) is 1.30. The minimum absolute atomic E-state index is 0.140. The Balaban J connectivity index is 1.83. The van der Waals surface area contributed by atoms with E-state index >= 15 is 0 Å². The molecule has 21 heavy (non-hydrogen) atoms. The predicted molar refractivity (Wildman–Crippen MR) is 82.7 cm³/mol. The molecule has 1 fully saturated rings. The number of nitro benzene ring substituents is 1. The molecule has 5 heteroatoms. The van der Waals surface area contributed by atoms with Gasteiger partial charge in [0.1, 0.15) is 12.4 Å². The second-order valence-corrected chi connectivity index (χ2v) is 6.26. The Morgan fingerprint density at radius 2 is 2.00 bits per heavy atom. The van der Waals surface area contributed by atoms with Gasteiger partial charge in [0.2, 0.25) is 0 Å². The standard InChI is InChI=1S/C16H24N2O3/c1-12-8-13(2)11-17(10-12)6-7-21-15-4-5-16(18(19)20)14(3)9-15/h4-5,9,12-13H,6-8,10-11H2,1-3H3/t12-,13+. The van der Waals surface area contributed by atoms with Gasteiger partial charge in [0, 0.05) is 31.3 Å². The Hall–Kier alpha value is -1.62. The van der Waals surface area contributed by atoms with Gasteiger partial charge in [0.25, 0.3) is 5.69 Å². The van der Waals surface area contributed by atoms with E-state index < -0.39 is 0 Å². The Kier molecular flexibility index (Phi) is 5.17. The number of hydrogen-bond acceptors (Lipinski definition) is 4. The third kappa shape index (κ3) is 4.43. The Labute approximate surface area is 126 Å². The molecule has 2 rings (SSSR count).